The number of benzene rings is 1. The second-order valence-corrected chi connectivity index (χ2v) is 3.86. The summed E-state index contributed by atoms with van der Waals surface area (Å²) in [6.07, 6.45) is 1.04. The Morgan fingerprint density at radius 2 is 2.13 bits per heavy atom. The number of phenols is 1. The van der Waals surface area contributed by atoms with Crippen molar-refractivity contribution in [1.29, 1.82) is 0 Å². The van der Waals surface area contributed by atoms with Crippen LogP contribution < -0.4 is 0 Å². The molecule has 0 amide bonds. The lowest BCUT2D eigenvalue weighted by atomic mass is 10.1. The molecule has 0 radical (unpaired) electrons. The first-order valence-corrected chi connectivity index (χ1v) is 5.25. The molecular formula is C12H18FNO. The Morgan fingerprint density at radius 3 is 2.73 bits per heavy atom. The van der Waals surface area contributed by atoms with Crippen molar-refractivity contribution in [3.8, 4) is 5.75 Å². The normalized spacial score (nSPS) is 13.1. The van der Waals surface area contributed by atoms with Crippen LogP contribution in [0.25, 0.3) is 0 Å². The summed E-state index contributed by atoms with van der Waals surface area (Å²) in [6, 6.07) is 4.10. The summed E-state index contributed by atoms with van der Waals surface area (Å²) in [5, 5.41) is 9.63. The fourth-order valence-electron chi connectivity index (χ4n) is 1.64. The predicted octanol–water partition coefficient (Wildman–Crippen LogP) is 2.93. The van der Waals surface area contributed by atoms with Crippen LogP contribution in [0.2, 0.25) is 0 Å². The summed E-state index contributed by atoms with van der Waals surface area (Å²) in [5.74, 6) is -0.147. The molecule has 0 aliphatic heterocycles. The number of rotatable bonds is 4. The lowest BCUT2D eigenvalue weighted by Crippen LogP contribution is -2.23. The number of aromatic hydroxyl groups is 1. The van der Waals surface area contributed by atoms with Crippen molar-refractivity contribution in [1.82, 2.24) is 4.90 Å². The molecule has 1 atom stereocenters. The van der Waals surface area contributed by atoms with E-state index in [0.29, 0.717) is 5.56 Å². The predicted molar refractivity (Wildman–Crippen MR) is 59.4 cm³/mol. The van der Waals surface area contributed by atoms with Crippen molar-refractivity contribution < 1.29 is 9.50 Å². The maximum atomic E-state index is 13.0. The van der Waals surface area contributed by atoms with Crippen molar-refractivity contribution in [2.45, 2.75) is 26.3 Å². The molecule has 1 aromatic carbocycles. The molecule has 84 valence electrons. The van der Waals surface area contributed by atoms with E-state index in [4.69, 9.17) is 0 Å². The molecule has 0 saturated heterocycles. The first-order valence-electron chi connectivity index (χ1n) is 5.25. The third-order valence-corrected chi connectivity index (χ3v) is 2.68. The van der Waals surface area contributed by atoms with E-state index in [0.717, 1.165) is 13.0 Å². The summed E-state index contributed by atoms with van der Waals surface area (Å²) in [5.41, 5.74) is 0.644. The second kappa shape index (κ2) is 5.12. The van der Waals surface area contributed by atoms with Gasteiger partial charge in [-0.1, -0.05) is 6.92 Å². The molecule has 1 rings (SSSR count). The Morgan fingerprint density at radius 1 is 1.47 bits per heavy atom. The molecule has 0 saturated carbocycles. The lowest BCUT2D eigenvalue weighted by Gasteiger charge is -2.25. The van der Waals surface area contributed by atoms with Gasteiger partial charge in [-0.2, -0.15) is 0 Å². The Balaban J connectivity index is 2.89. The topological polar surface area (TPSA) is 23.5 Å². The van der Waals surface area contributed by atoms with Crippen molar-refractivity contribution in [2.75, 3.05) is 13.6 Å². The molecule has 0 heterocycles. The number of hydrogen-bond donors (Lipinski definition) is 1. The number of phenolic OH excluding ortho intramolecular Hbond substituents is 1. The van der Waals surface area contributed by atoms with Gasteiger partial charge in [0.15, 0.2) is 0 Å². The summed E-state index contributed by atoms with van der Waals surface area (Å²) < 4.78 is 13.0. The number of halogens is 1. The monoisotopic (exact) mass is 211 g/mol. The van der Waals surface area contributed by atoms with Gasteiger partial charge in [-0.15, -0.1) is 0 Å². The highest BCUT2D eigenvalue weighted by atomic mass is 19.1. The fraction of sp³-hybridized carbons (Fsp3) is 0.500. The van der Waals surface area contributed by atoms with Crippen LogP contribution in [0.1, 0.15) is 31.9 Å². The first kappa shape index (κ1) is 12.0. The van der Waals surface area contributed by atoms with Gasteiger partial charge in [-0.05, 0) is 45.1 Å². The summed E-state index contributed by atoms with van der Waals surface area (Å²) in [6.45, 7) is 4.98. The van der Waals surface area contributed by atoms with Gasteiger partial charge in [0.25, 0.3) is 0 Å². The molecule has 0 aromatic heterocycles. The zero-order chi connectivity index (χ0) is 11.4. The highest BCUT2D eigenvalue weighted by Crippen LogP contribution is 2.28. The van der Waals surface area contributed by atoms with E-state index in [-0.39, 0.29) is 17.6 Å². The highest BCUT2D eigenvalue weighted by molar-refractivity contribution is 5.34. The van der Waals surface area contributed by atoms with Gasteiger partial charge in [-0.25, -0.2) is 4.39 Å². The summed E-state index contributed by atoms with van der Waals surface area (Å²) >= 11 is 0. The van der Waals surface area contributed by atoms with E-state index < -0.39 is 0 Å². The van der Waals surface area contributed by atoms with Crippen LogP contribution in [0, 0.1) is 5.82 Å². The smallest absolute Gasteiger partial charge is 0.123 e. The highest BCUT2D eigenvalue weighted by Gasteiger charge is 2.15. The minimum absolute atomic E-state index is 0.0284. The maximum absolute atomic E-state index is 13.0. The molecule has 2 nitrogen and oxygen atoms in total. The molecule has 0 bridgehead atoms. The van der Waals surface area contributed by atoms with Gasteiger partial charge in [0, 0.05) is 11.6 Å². The fourth-order valence-corrected chi connectivity index (χ4v) is 1.64. The van der Waals surface area contributed by atoms with Crippen molar-refractivity contribution in [2.24, 2.45) is 0 Å². The third-order valence-electron chi connectivity index (χ3n) is 2.68. The zero-order valence-corrected chi connectivity index (χ0v) is 9.50. The molecule has 1 N–H and O–H groups in total. The van der Waals surface area contributed by atoms with Crippen LogP contribution in [0.15, 0.2) is 18.2 Å². The average molecular weight is 211 g/mol. The minimum Gasteiger partial charge on any atom is -0.508 e. The van der Waals surface area contributed by atoms with Gasteiger partial charge >= 0.3 is 0 Å². The molecule has 0 aliphatic carbocycles. The Kier molecular flexibility index (Phi) is 4.09. The van der Waals surface area contributed by atoms with E-state index >= 15 is 0 Å². The van der Waals surface area contributed by atoms with Gasteiger partial charge in [0.1, 0.15) is 11.6 Å². The Labute approximate surface area is 90.3 Å². The van der Waals surface area contributed by atoms with E-state index in [9.17, 15) is 9.50 Å². The molecule has 0 fully saturated rings. The van der Waals surface area contributed by atoms with E-state index in [1.165, 1.54) is 18.2 Å². The standard InChI is InChI=1S/C12H18FNO/c1-4-7-14(3)9(2)11-8-10(13)5-6-12(11)15/h5-6,8-9,15H,4,7H2,1-3H3. The van der Waals surface area contributed by atoms with Crippen LogP contribution in [0.3, 0.4) is 0 Å². The summed E-state index contributed by atoms with van der Waals surface area (Å²) in [4.78, 5) is 2.09. The molecule has 0 spiro atoms. The van der Waals surface area contributed by atoms with Gasteiger partial charge in [-0.3, -0.25) is 4.90 Å². The number of hydrogen-bond acceptors (Lipinski definition) is 2. The third kappa shape index (κ3) is 2.93. The van der Waals surface area contributed by atoms with Crippen molar-refractivity contribution in [3.05, 3.63) is 29.6 Å². The molecule has 3 heteroatoms. The maximum Gasteiger partial charge on any atom is 0.123 e. The van der Waals surface area contributed by atoms with E-state index in [1.54, 1.807) is 0 Å². The van der Waals surface area contributed by atoms with Crippen molar-refractivity contribution >= 4 is 0 Å². The second-order valence-electron chi connectivity index (χ2n) is 3.86. The van der Waals surface area contributed by atoms with Gasteiger partial charge in [0.2, 0.25) is 0 Å². The Hall–Kier alpha value is -1.09. The lowest BCUT2D eigenvalue weighted by molar-refractivity contribution is 0.256. The average Bonchev–Trinajstić information content (AvgIpc) is 2.21. The van der Waals surface area contributed by atoms with Crippen LogP contribution in [0.4, 0.5) is 4.39 Å². The first-order chi connectivity index (χ1) is 7.06. The van der Waals surface area contributed by atoms with E-state index in [1.807, 2.05) is 14.0 Å². The number of nitrogens with zero attached hydrogens (tertiary/aromatic N) is 1. The van der Waals surface area contributed by atoms with Crippen LogP contribution in [0.5, 0.6) is 5.75 Å². The molecule has 15 heavy (non-hydrogen) atoms. The van der Waals surface area contributed by atoms with Gasteiger partial charge < -0.3 is 5.11 Å². The molecular weight excluding hydrogens is 193 g/mol. The van der Waals surface area contributed by atoms with Gasteiger partial charge in [0.05, 0.1) is 0 Å². The van der Waals surface area contributed by atoms with Crippen LogP contribution in [-0.4, -0.2) is 23.6 Å². The van der Waals surface area contributed by atoms with Crippen LogP contribution in [-0.2, 0) is 0 Å². The van der Waals surface area contributed by atoms with Crippen LogP contribution >= 0.6 is 0 Å². The molecule has 1 aromatic rings. The molecule has 1 unspecified atom stereocenters. The zero-order valence-electron chi connectivity index (χ0n) is 9.50. The molecule has 0 aliphatic rings. The Bertz CT molecular complexity index is 327. The minimum atomic E-state index is -0.306. The summed E-state index contributed by atoms with van der Waals surface area (Å²) in [7, 11) is 1.97. The SMILES string of the molecule is CCCN(C)C(C)c1cc(F)ccc1O. The van der Waals surface area contributed by atoms with Crippen molar-refractivity contribution in [3.63, 3.8) is 0 Å². The largest absolute Gasteiger partial charge is 0.508 e. The van der Waals surface area contributed by atoms with E-state index in [2.05, 4.69) is 11.8 Å². The quantitative estimate of drug-likeness (QED) is 0.827.